The fraction of sp³-hybridized carbons (Fsp3) is 0.550. The molecule has 0 aromatic heterocycles. The second-order valence-corrected chi connectivity index (χ2v) is 13.3. The number of hydrogen-bond acceptors (Lipinski definition) is 2. The number of carbonyl (C=O) groups is 1. The van der Waals surface area contributed by atoms with Gasteiger partial charge in [-0.15, -0.1) is 0 Å². The van der Waals surface area contributed by atoms with Crippen LogP contribution >= 0.6 is 0 Å². The predicted molar refractivity (Wildman–Crippen MR) is 101 cm³/mol. The minimum atomic E-state index is -1.88. The van der Waals surface area contributed by atoms with Gasteiger partial charge in [0, 0.05) is 6.54 Å². The monoisotopic (exact) mass is 343 g/mol. The van der Waals surface area contributed by atoms with Gasteiger partial charge in [-0.3, -0.25) is 4.79 Å². The van der Waals surface area contributed by atoms with Crippen molar-refractivity contribution in [2.24, 2.45) is 5.92 Å². The van der Waals surface area contributed by atoms with Crippen molar-refractivity contribution in [1.82, 2.24) is 4.90 Å². The summed E-state index contributed by atoms with van der Waals surface area (Å²) in [5.41, 5.74) is 2.51. The van der Waals surface area contributed by atoms with E-state index in [2.05, 4.69) is 71.1 Å². The number of hydrogen-bond donors (Lipinski definition) is 0. The first-order chi connectivity index (χ1) is 11.1. The van der Waals surface area contributed by atoms with Gasteiger partial charge < -0.3 is 9.33 Å². The summed E-state index contributed by atoms with van der Waals surface area (Å²) in [6, 6.07) is 10.6. The Bertz CT molecular complexity index is 660. The maximum atomic E-state index is 12.6. The van der Waals surface area contributed by atoms with E-state index >= 15 is 0 Å². The third kappa shape index (κ3) is 2.76. The molecule has 0 unspecified atom stereocenters. The molecule has 1 saturated heterocycles. The lowest BCUT2D eigenvalue weighted by molar-refractivity contribution is -0.156. The molecule has 3 rings (SSSR count). The fourth-order valence-corrected chi connectivity index (χ4v) is 4.98. The molecule has 1 aromatic rings. The van der Waals surface area contributed by atoms with Gasteiger partial charge in [-0.05, 0) is 36.2 Å². The fourth-order valence-electron chi connectivity index (χ4n) is 3.55. The Hall–Kier alpha value is -1.39. The van der Waals surface area contributed by atoms with Crippen LogP contribution in [0.4, 0.5) is 0 Å². The van der Waals surface area contributed by atoms with E-state index in [4.69, 9.17) is 4.43 Å². The zero-order valence-corrected chi connectivity index (χ0v) is 16.7. The number of benzene rings is 1. The molecule has 3 atom stereocenters. The molecular formula is C20H29NO2Si. The van der Waals surface area contributed by atoms with Gasteiger partial charge in [0.1, 0.15) is 0 Å². The highest BCUT2D eigenvalue weighted by atomic mass is 28.4. The Labute approximate surface area is 146 Å². The van der Waals surface area contributed by atoms with Crippen LogP contribution in [-0.4, -0.2) is 37.8 Å². The second kappa shape index (κ2) is 5.85. The number of amides is 1. The Balaban J connectivity index is 1.79. The van der Waals surface area contributed by atoms with Crippen LogP contribution < -0.4 is 0 Å². The lowest BCUT2D eigenvalue weighted by Gasteiger charge is -2.49. The lowest BCUT2D eigenvalue weighted by atomic mass is 9.79. The van der Waals surface area contributed by atoms with Gasteiger partial charge in [0.25, 0.3) is 0 Å². The minimum Gasteiger partial charge on any atom is -0.413 e. The molecule has 0 spiro atoms. The number of fused-ring (bicyclic) bond motifs is 1. The maximum Gasteiger partial charge on any atom is 0.231 e. The third-order valence-corrected chi connectivity index (χ3v) is 10.5. The average molecular weight is 344 g/mol. The Kier molecular flexibility index (Phi) is 4.25. The van der Waals surface area contributed by atoms with Crippen molar-refractivity contribution < 1.29 is 9.22 Å². The van der Waals surface area contributed by atoms with E-state index in [0.29, 0.717) is 0 Å². The van der Waals surface area contributed by atoms with Crippen molar-refractivity contribution in [2.45, 2.75) is 58.0 Å². The summed E-state index contributed by atoms with van der Waals surface area (Å²) in [7, 11) is -1.88. The van der Waals surface area contributed by atoms with Crippen molar-refractivity contribution in [3.05, 3.63) is 42.0 Å². The van der Waals surface area contributed by atoms with Gasteiger partial charge in [0.15, 0.2) is 8.32 Å². The summed E-state index contributed by atoms with van der Waals surface area (Å²) in [5, 5.41) is 0.154. The highest BCUT2D eigenvalue weighted by Gasteiger charge is 2.55. The van der Waals surface area contributed by atoms with E-state index in [9.17, 15) is 4.79 Å². The molecule has 3 nitrogen and oxygen atoms in total. The van der Waals surface area contributed by atoms with E-state index in [0.717, 1.165) is 6.54 Å². The lowest BCUT2D eigenvalue weighted by Crippen LogP contribution is -2.63. The summed E-state index contributed by atoms with van der Waals surface area (Å²) >= 11 is 0. The van der Waals surface area contributed by atoms with Crippen LogP contribution in [-0.2, 0) is 9.22 Å². The topological polar surface area (TPSA) is 29.5 Å². The van der Waals surface area contributed by atoms with Gasteiger partial charge in [0.2, 0.25) is 5.91 Å². The van der Waals surface area contributed by atoms with Gasteiger partial charge >= 0.3 is 0 Å². The van der Waals surface area contributed by atoms with E-state index in [1.807, 2.05) is 11.0 Å². The van der Waals surface area contributed by atoms with Crippen LogP contribution in [0.25, 0.3) is 5.57 Å². The molecule has 2 aliphatic rings. The van der Waals surface area contributed by atoms with Crippen LogP contribution in [0.1, 0.15) is 33.3 Å². The van der Waals surface area contributed by atoms with Crippen LogP contribution in [0.2, 0.25) is 18.1 Å². The van der Waals surface area contributed by atoms with Crippen LogP contribution in [0.5, 0.6) is 0 Å². The summed E-state index contributed by atoms with van der Waals surface area (Å²) < 4.78 is 6.53. The maximum absolute atomic E-state index is 12.6. The summed E-state index contributed by atoms with van der Waals surface area (Å²) in [6.45, 7) is 14.1. The highest BCUT2D eigenvalue weighted by Crippen LogP contribution is 2.45. The second-order valence-electron chi connectivity index (χ2n) is 8.57. The molecule has 2 heterocycles. The molecule has 0 N–H and O–H groups in total. The molecule has 0 aliphatic carbocycles. The molecule has 4 heteroatoms. The quantitative estimate of drug-likeness (QED) is 0.602. The Morgan fingerprint density at radius 1 is 1.21 bits per heavy atom. The first-order valence-corrected chi connectivity index (χ1v) is 11.8. The summed E-state index contributed by atoms with van der Waals surface area (Å²) in [6.07, 6.45) is 2.17. The van der Waals surface area contributed by atoms with Gasteiger partial charge in [0.05, 0.1) is 18.1 Å². The number of β-lactam (4-membered cyclic amide) rings is 1. The van der Waals surface area contributed by atoms with E-state index in [1.165, 1.54) is 11.1 Å². The van der Waals surface area contributed by atoms with Crippen molar-refractivity contribution in [2.75, 3.05) is 6.54 Å². The number of nitrogens with zero attached hydrogens (tertiary/aromatic N) is 1. The zero-order chi connectivity index (χ0) is 17.7. The molecule has 0 bridgehead atoms. The molecule has 130 valence electrons. The molecular weight excluding hydrogens is 314 g/mol. The Morgan fingerprint density at radius 2 is 1.83 bits per heavy atom. The summed E-state index contributed by atoms with van der Waals surface area (Å²) in [4.78, 5) is 14.6. The molecule has 24 heavy (non-hydrogen) atoms. The van der Waals surface area contributed by atoms with Gasteiger partial charge in [-0.25, -0.2) is 0 Å². The number of rotatable bonds is 4. The molecule has 0 saturated carbocycles. The Morgan fingerprint density at radius 3 is 2.42 bits per heavy atom. The molecule has 1 amide bonds. The number of carbonyl (C=O) groups excluding carboxylic acids is 1. The zero-order valence-electron chi connectivity index (χ0n) is 15.7. The summed E-state index contributed by atoms with van der Waals surface area (Å²) in [5.74, 6) is 0.196. The van der Waals surface area contributed by atoms with E-state index in [1.54, 1.807) is 0 Å². The van der Waals surface area contributed by atoms with Crippen molar-refractivity contribution in [1.29, 1.82) is 0 Å². The van der Waals surface area contributed by atoms with E-state index < -0.39 is 8.32 Å². The predicted octanol–water partition coefficient (Wildman–Crippen LogP) is 4.32. The van der Waals surface area contributed by atoms with Crippen molar-refractivity contribution in [3.63, 3.8) is 0 Å². The molecule has 1 aromatic carbocycles. The first kappa shape index (κ1) is 17.4. The van der Waals surface area contributed by atoms with Crippen molar-refractivity contribution in [3.8, 4) is 0 Å². The molecule has 2 aliphatic heterocycles. The SMILES string of the molecule is C[C@@H](O[Si](C)(C)C(C)(C)C)[C@H]1C(=O)N2CC=C(c3ccccc3)[C@H]12. The molecule has 0 radical (unpaired) electrons. The van der Waals surface area contributed by atoms with Crippen LogP contribution in [0, 0.1) is 5.92 Å². The normalized spacial score (nSPS) is 25.2. The van der Waals surface area contributed by atoms with Crippen LogP contribution in [0.15, 0.2) is 36.4 Å². The largest absolute Gasteiger partial charge is 0.413 e. The average Bonchev–Trinajstić information content (AvgIpc) is 2.86. The smallest absolute Gasteiger partial charge is 0.231 e. The van der Waals surface area contributed by atoms with E-state index in [-0.39, 0.29) is 29.0 Å². The highest BCUT2D eigenvalue weighted by molar-refractivity contribution is 6.74. The standard InChI is InChI=1S/C20H29NO2Si/c1-14(23-24(5,6)20(2,3)4)17-18-16(12-13-21(18)19(17)22)15-10-8-7-9-11-15/h7-12,14,17-18H,13H2,1-6H3/t14-,17-,18-/m1/s1. The van der Waals surface area contributed by atoms with Crippen LogP contribution in [0.3, 0.4) is 0 Å². The minimum absolute atomic E-state index is 0.0372. The first-order valence-electron chi connectivity index (χ1n) is 8.87. The van der Waals surface area contributed by atoms with Gasteiger partial charge in [-0.2, -0.15) is 0 Å². The van der Waals surface area contributed by atoms with Gasteiger partial charge in [-0.1, -0.05) is 57.2 Å². The van der Waals surface area contributed by atoms with Crippen molar-refractivity contribution >= 4 is 19.8 Å². The third-order valence-electron chi connectivity index (χ3n) is 5.97. The molecule has 1 fully saturated rings.